The molecule has 186 valence electrons. The molecule has 0 saturated heterocycles. The predicted octanol–water partition coefficient (Wildman–Crippen LogP) is 5.33. The van der Waals surface area contributed by atoms with Gasteiger partial charge in [-0.2, -0.15) is 5.10 Å². The van der Waals surface area contributed by atoms with Crippen molar-refractivity contribution >= 4 is 50.5 Å². The third-order valence-electron chi connectivity index (χ3n) is 5.48. The van der Waals surface area contributed by atoms with E-state index in [0.29, 0.717) is 5.56 Å². The van der Waals surface area contributed by atoms with Gasteiger partial charge in [-0.15, -0.1) is 0 Å². The lowest BCUT2D eigenvalue weighted by Crippen LogP contribution is -2.25. The van der Waals surface area contributed by atoms with Crippen LogP contribution in [0.15, 0.2) is 59.6 Å². The number of anilines is 1. The van der Waals surface area contributed by atoms with Crippen LogP contribution < -0.4 is 10.0 Å². The highest BCUT2D eigenvalue weighted by Gasteiger charge is 2.28. The fourth-order valence-corrected chi connectivity index (χ4v) is 5.18. The van der Waals surface area contributed by atoms with Gasteiger partial charge in [0.25, 0.3) is 12.3 Å². The quantitative estimate of drug-likeness (QED) is 0.322. The Kier molecular flexibility index (Phi) is 6.41. The molecule has 4 aromatic rings. The number of nitrogens with one attached hydrogen (secondary N) is 2. The Bertz CT molecular complexity index is 1610. The molecule has 0 spiro atoms. The van der Waals surface area contributed by atoms with Crippen molar-refractivity contribution in [3.05, 3.63) is 76.0 Å². The predicted molar refractivity (Wildman–Crippen MR) is 131 cm³/mol. The van der Waals surface area contributed by atoms with Crippen LogP contribution in [-0.2, 0) is 10.0 Å². The van der Waals surface area contributed by atoms with Crippen LogP contribution in [0.4, 0.5) is 14.5 Å². The number of carbonyl (C=O) groups excluding carboxylic acids is 1. The molecule has 0 radical (unpaired) electrons. The summed E-state index contributed by atoms with van der Waals surface area (Å²) in [6, 6.07) is 11.4. The maximum atomic E-state index is 13.8. The number of nitrogens with zero attached hydrogens (tertiary/aromatic N) is 3. The summed E-state index contributed by atoms with van der Waals surface area (Å²) in [5.74, 6) is -0.700. The first-order valence-electron chi connectivity index (χ1n) is 10.7. The molecule has 1 aliphatic carbocycles. The zero-order valence-electron chi connectivity index (χ0n) is 18.3. The number of sulfonamides is 1. The van der Waals surface area contributed by atoms with Gasteiger partial charge in [0.1, 0.15) is 11.3 Å². The van der Waals surface area contributed by atoms with Gasteiger partial charge in [-0.25, -0.2) is 31.4 Å². The van der Waals surface area contributed by atoms with Crippen LogP contribution in [0.5, 0.6) is 0 Å². The van der Waals surface area contributed by atoms with E-state index in [-0.39, 0.29) is 43.6 Å². The van der Waals surface area contributed by atoms with E-state index in [1.165, 1.54) is 36.4 Å². The average molecular weight is 552 g/mol. The second-order valence-corrected chi connectivity index (χ2v) is 10.7. The number of halogens is 4. The van der Waals surface area contributed by atoms with Gasteiger partial charge in [-0.05, 0) is 49.2 Å². The Hall–Kier alpha value is -3.12. The molecule has 0 atom stereocenters. The van der Waals surface area contributed by atoms with Crippen LogP contribution in [-0.4, -0.2) is 35.0 Å². The van der Waals surface area contributed by atoms with Crippen molar-refractivity contribution in [1.82, 2.24) is 19.3 Å². The molecule has 8 nitrogen and oxygen atoms in total. The summed E-state index contributed by atoms with van der Waals surface area (Å²) in [5.41, 5.74) is 0.105. The van der Waals surface area contributed by atoms with Crippen LogP contribution in [0.25, 0.3) is 16.9 Å². The lowest BCUT2D eigenvalue weighted by Gasteiger charge is -2.10. The Morgan fingerprint density at radius 3 is 2.56 bits per heavy atom. The van der Waals surface area contributed by atoms with Crippen LogP contribution in [0.2, 0.25) is 10.0 Å². The fraction of sp³-hybridized carbons (Fsp3) is 0.174. The maximum Gasteiger partial charge on any atom is 0.280 e. The van der Waals surface area contributed by atoms with Gasteiger partial charge in [-0.3, -0.25) is 4.79 Å². The second kappa shape index (κ2) is 9.40. The number of carbonyl (C=O) groups is 1. The first kappa shape index (κ1) is 24.6. The zero-order chi connectivity index (χ0) is 25.6. The Labute approximate surface area is 214 Å². The highest BCUT2D eigenvalue weighted by Crippen LogP contribution is 2.31. The molecule has 0 unspecified atom stereocenters. The van der Waals surface area contributed by atoms with Crippen molar-refractivity contribution in [2.24, 2.45) is 0 Å². The lowest BCUT2D eigenvalue weighted by atomic mass is 10.1. The Balaban J connectivity index is 1.51. The molecule has 1 aliphatic rings. The van der Waals surface area contributed by atoms with Crippen molar-refractivity contribution in [3.63, 3.8) is 0 Å². The molecule has 2 heterocycles. The van der Waals surface area contributed by atoms with E-state index in [4.69, 9.17) is 23.2 Å². The van der Waals surface area contributed by atoms with Crippen molar-refractivity contribution in [3.8, 4) is 11.3 Å². The van der Waals surface area contributed by atoms with Crippen LogP contribution in [0.1, 0.15) is 35.3 Å². The molecule has 2 aromatic carbocycles. The van der Waals surface area contributed by atoms with Gasteiger partial charge < -0.3 is 5.32 Å². The number of rotatable bonds is 7. The molecular formula is C23H17Cl2F2N5O3S. The minimum atomic E-state index is -3.74. The molecule has 0 bridgehead atoms. The summed E-state index contributed by atoms with van der Waals surface area (Å²) in [7, 11) is -3.74. The molecule has 2 N–H and O–H groups in total. The number of hydrogen-bond acceptors (Lipinski definition) is 5. The minimum absolute atomic E-state index is 0.00733. The first-order valence-corrected chi connectivity index (χ1v) is 12.9. The van der Waals surface area contributed by atoms with E-state index in [2.05, 4.69) is 20.1 Å². The van der Waals surface area contributed by atoms with Crippen molar-refractivity contribution in [1.29, 1.82) is 0 Å². The SMILES string of the molecule is O=C(Nc1cccc(S(=O)(=O)NC2CC2)c1)c1cnn2c(C(F)F)cc(-c3ccc(Cl)c(Cl)c3)nc12. The molecule has 1 amide bonds. The molecule has 36 heavy (non-hydrogen) atoms. The Morgan fingerprint density at radius 1 is 1.08 bits per heavy atom. The topological polar surface area (TPSA) is 105 Å². The highest BCUT2D eigenvalue weighted by atomic mass is 35.5. The van der Waals surface area contributed by atoms with Gasteiger partial charge in [0, 0.05) is 17.3 Å². The first-order chi connectivity index (χ1) is 17.1. The summed E-state index contributed by atoms with van der Waals surface area (Å²) >= 11 is 12.0. The maximum absolute atomic E-state index is 13.8. The van der Waals surface area contributed by atoms with E-state index in [0.717, 1.165) is 29.6 Å². The van der Waals surface area contributed by atoms with Crippen LogP contribution in [0.3, 0.4) is 0 Å². The summed E-state index contributed by atoms with van der Waals surface area (Å²) in [6.45, 7) is 0. The number of amides is 1. The molecule has 0 aliphatic heterocycles. The summed E-state index contributed by atoms with van der Waals surface area (Å²) in [6.07, 6.45) is -0.226. The second-order valence-electron chi connectivity index (χ2n) is 8.17. The van der Waals surface area contributed by atoms with Gasteiger partial charge in [-0.1, -0.05) is 35.3 Å². The zero-order valence-corrected chi connectivity index (χ0v) is 20.6. The van der Waals surface area contributed by atoms with Gasteiger partial charge in [0.15, 0.2) is 5.65 Å². The van der Waals surface area contributed by atoms with Crippen molar-refractivity contribution in [2.75, 3.05) is 5.32 Å². The van der Waals surface area contributed by atoms with Crippen molar-refractivity contribution in [2.45, 2.75) is 30.2 Å². The molecule has 5 rings (SSSR count). The van der Waals surface area contributed by atoms with E-state index in [1.54, 1.807) is 6.07 Å². The van der Waals surface area contributed by atoms with E-state index in [9.17, 15) is 22.0 Å². The largest absolute Gasteiger partial charge is 0.322 e. The molecule has 1 saturated carbocycles. The molecule has 1 fully saturated rings. The lowest BCUT2D eigenvalue weighted by molar-refractivity contribution is 0.102. The Morgan fingerprint density at radius 2 is 1.86 bits per heavy atom. The third-order valence-corrected chi connectivity index (χ3v) is 7.74. The van der Waals surface area contributed by atoms with Crippen LogP contribution >= 0.6 is 23.2 Å². The molecular weight excluding hydrogens is 535 g/mol. The number of alkyl halides is 2. The van der Waals surface area contributed by atoms with E-state index in [1.807, 2.05) is 0 Å². The summed E-state index contributed by atoms with van der Waals surface area (Å²) in [4.78, 5) is 17.4. The third kappa shape index (κ3) is 4.92. The molecule has 13 heteroatoms. The number of hydrogen-bond donors (Lipinski definition) is 2. The number of benzene rings is 2. The van der Waals surface area contributed by atoms with Gasteiger partial charge >= 0.3 is 0 Å². The van der Waals surface area contributed by atoms with Crippen molar-refractivity contribution < 1.29 is 22.0 Å². The fourth-order valence-electron chi connectivity index (χ4n) is 3.53. The minimum Gasteiger partial charge on any atom is -0.322 e. The smallest absolute Gasteiger partial charge is 0.280 e. The molecule has 2 aromatic heterocycles. The summed E-state index contributed by atoms with van der Waals surface area (Å²) < 4.78 is 56.2. The summed E-state index contributed by atoms with van der Waals surface area (Å²) in [5, 5.41) is 7.02. The van der Waals surface area contributed by atoms with Gasteiger partial charge in [0.05, 0.1) is 26.8 Å². The van der Waals surface area contributed by atoms with E-state index >= 15 is 0 Å². The standard InChI is InChI=1S/C23H17Cl2F2N5O3S/c24-17-7-4-12(8-18(17)25)19-10-20(21(26)27)32-22(30-19)16(11-28-32)23(33)29-14-2-1-3-15(9-14)36(34,35)31-13-5-6-13/h1-4,7-11,13,21,31H,5-6H2,(H,29,33). The normalized spacial score (nSPS) is 13.9. The monoisotopic (exact) mass is 551 g/mol. The average Bonchev–Trinajstić information content (AvgIpc) is 3.53. The number of fused-ring (bicyclic) bond motifs is 1. The number of aromatic nitrogens is 3. The highest BCUT2D eigenvalue weighted by molar-refractivity contribution is 7.89. The van der Waals surface area contributed by atoms with Gasteiger partial charge in [0.2, 0.25) is 10.0 Å². The van der Waals surface area contributed by atoms with Crippen LogP contribution in [0, 0.1) is 0 Å². The van der Waals surface area contributed by atoms with E-state index < -0.39 is 28.0 Å².